The number of aliphatic hydroxyl groups excluding tert-OH is 1. The zero-order valence-electron chi connectivity index (χ0n) is 16.5. The van der Waals surface area contributed by atoms with E-state index in [1.165, 1.54) is 5.01 Å². The Kier molecular flexibility index (Phi) is 5.36. The van der Waals surface area contributed by atoms with E-state index in [4.69, 9.17) is 13.9 Å². The molecule has 0 radical (unpaired) electrons. The summed E-state index contributed by atoms with van der Waals surface area (Å²) in [6, 6.07) is 17.9. The highest BCUT2D eigenvalue weighted by atomic mass is 16.5. The van der Waals surface area contributed by atoms with Crippen LogP contribution in [0.5, 0.6) is 11.5 Å². The van der Waals surface area contributed by atoms with E-state index in [0.29, 0.717) is 45.6 Å². The lowest BCUT2D eigenvalue weighted by Crippen LogP contribution is -2.21. The Bertz CT molecular complexity index is 1130. The molecule has 7 heteroatoms. The van der Waals surface area contributed by atoms with Gasteiger partial charge in [-0.05, 0) is 48.5 Å². The standard InChI is InChI=1S/C23H20N2O5/c1-28-20-11-8-15(12-21(20)29-2)22-19(13-17-9-10-18(14-26)30-17)23(27)25(24-22)16-6-4-3-5-7-16/h3-13,26H,14H2,1-2H3/b19-13-. The Hall–Kier alpha value is -3.84. The molecule has 0 bridgehead atoms. The Balaban J connectivity index is 1.83. The van der Waals surface area contributed by atoms with E-state index >= 15 is 0 Å². The summed E-state index contributed by atoms with van der Waals surface area (Å²) in [5, 5.41) is 15.2. The highest BCUT2D eigenvalue weighted by Crippen LogP contribution is 2.32. The largest absolute Gasteiger partial charge is 0.493 e. The molecule has 30 heavy (non-hydrogen) atoms. The van der Waals surface area contributed by atoms with Gasteiger partial charge in [-0.1, -0.05) is 18.2 Å². The molecule has 152 valence electrons. The van der Waals surface area contributed by atoms with Gasteiger partial charge >= 0.3 is 0 Å². The third-order valence-corrected chi connectivity index (χ3v) is 4.66. The number of hydrazone groups is 1. The van der Waals surface area contributed by atoms with Crippen molar-refractivity contribution in [2.24, 2.45) is 5.10 Å². The van der Waals surface area contributed by atoms with Gasteiger partial charge in [0.05, 0.1) is 25.5 Å². The molecule has 1 aliphatic heterocycles. The van der Waals surface area contributed by atoms with Gasteiger partial charge in [-0.25, -0.2) is 0 Å². The fourth-order valence-electron chi connectivity index (χ4n) is 3.19. The molecule has 1 N–H and O–H groups in total. The highest BCUT2D eigenvalue weighted by molar-refractivity contribution is 6.37. The number of amides is 1. The molecule has 0 atom stereocenters. The minimum absolute atomic E-state index is 0.218. The van der Waals surface area contributed by atoms with Crippen molar-refractivity contribution in [3.8, 4) is 11.5 Å². The third-order valence-electron chi connectivity index (χ3n) is 4.66. The fraction of sp³-hybridized carbons (Fsp3) is 0.130. The summed E-state index contributed by atoms with van der Waals surface area (Å²) in [4.78, 5) is 13.2. The SMILES string of the molecule is COc1ccc(C2=NN(c3ccccc3)C(=O)/C2=C\c2ccc(CO)o2)cc1OC. The summed E-state index contributed by atoms with van der Waals surface area (Å²) < 4.78 is 16.3. The second-order valence-electron chi connectivity index (χ2n) is 6.49. The van der Waals surface area contributed by atoms with Crippen LogP contribution < -0.4 is 14.5 Å². The number of nitrogens with zero attached hydrogens (tertiary/aromatic N) is 2. The Morgan fingerprint density at radius 2 is 1.80 bits per heavy atom. The Labute approximate surface area is 173 Å². The van der Waals surface area contributed by atoms with Crippen LogP contribution in [0, 0.1) is 0 Å². The molecule has 0 unspecified atom stereocenters. The molecule has 1 aliphatic rings. The second kappa shape index (κ2) is 8.26. The monoisotopic (exact) mass is 404 g/mol. The Morgan fingerprint density at radius 3 is 2.47 bits per heavy atom. The van der Waals surface area contributed by atoms with Crippen LogP contribution in [-0.4, -0.2) is 30.9 Å². The number of hydrogen-bond acceptors (Lipinski definition) is 6. The third kappa shape index (κ3) is 3.58. The molecule has 4 rings (SSSR count). The van der Waals surface area contributed by atoms with Crippen molar-refractivity contribution in [1.82, 2.24) is 0 Å². The average Bonchev–Trinajstić information content (AvgIpc) is 3.38. The van der Waals surface area contributed by atoms with Crippen LogP contribution in [0.25, 0.3) is 6.08 Å². The van der Waals surface area contributed by atoms with E-state index in [1.807, 2.05) is 36.4 Å². The van der Waals surface area contributed by atoms with Crippen LogP contribution in [0.15, 0.2) is 75.8 Å². The van der Waals surface area contributed by atoms with Crippen molar-refractivity contribution in [3.63, 3.8) is 0 Å². The number of hydrogen-bond donors (Lipinski definition) is 1. The lowest BCUT2D eigenvalue weighted by Gasteiger charge is -2.10. The molecule has 0 saturated heterocycles. The van der Waals surface area contributed by atoms with Crippen LogP contribution in [0.3, 0.4) is 0 Å². The molecule has 3 aromatic rings. The van der Waals surface area contributed by atoms with Crippen molar-refractivity contribution in [3.05, 3.63) is 83.3 Å². The molecule has 1 aromatic heterocycles. The molecule has 1 amide bonds. The van der Waals surface area contributed by atoms with Crippen molar-refractivity contribution in [2.75, 3.05) is 19.2 Å². The van der Waals surface area contributed by atoms with Gasteiger partial charge in [-0.15, -0.1) is 0 Å². The van der Waals surface area contributed by atoms with Crippen LogP contribution in [0.2, 0.25) is 0 Å². The summed E-state index contributed by atoms with van der Waals surface area (Å²) in [7, 11) is 3.11. The van der Waals surface area contributed by atoms with Crippen LogP contribution in [0.1, 0.15) is 17.1 Å². The molecule has 2 aromatic carbocycles. The average molecular weight is 404 g/mol. The maximum absolute atomic E-state index is 13.2. The van der Waals surface area contributed by atoms with Gasteiger partial charge in [0, 0.05) is 5.56 Å². The molecule has 0 aliphatic carbocycles. The number of methoxy groups -OCH3 is 2. The molecule has 0 spiro atoms. The zero-order chi connectivity index (χ0) is 21.1. The number of benzene rings is 2. The Morgan fingerprint density at radius 1 is 1.03 bits per heavy atom. The number of carbonyl (C=O) groups excluding carboxylic acids is 1. The first-order valence-electron chi connectivity index (χ1n) is 9.26. The van der Waals surface area contributed by atoms with Crippen molar-refractivity contribution >= 4 is 23.4 Å². The van der Waals surface area contributed by atoms with Crippen LogP contribution in [0.4, 0.5) is 5.69 Å². The first-order valence-corrected chi connectivity index (χ1v) is 9.26. The van der Waals surface area contributed by atoms with E-state index < -0.39 is 0 Å². The van der Waals surface area contributed by atoms with Crippen molar-refractivity contribution in [1.29, 1.82) is 0 Å². The topological polar surface area (TPSA) is 84.5 Å². The normalized spacial score (nSPS) is 14.9. The van der Waals surface area contributed by atoms with Gasteiger partial charge in [-0.3, -0.25) is 4.79 Å². The predicted molar refractivity (Wildman–Crippen MR) is 113 cm³/mol. The first kappa shape index (κ1) is 19.5. The maximum Gasteiger partial charge on any atom is 0.281 e. The van der Waals surface area contributed by atoms with Gasteiger partial charge in [0.15, 0.2) is 11.5 Å². The maximum atomic E-state index is 13.2. The number of para-hydroxylation sites is 1. The second-order valence-corrected chi connectivity index (χ2v) is 6.49. The summed E-state index contributed by atoms with van der Waals surface area (Å²) in [5.41, 5.74) is 2.19. The molecule has 7 nitrogen and oxygen atoms in total. The minimum atomic E-state index is -0.284. The summed E-state index contributed by atoms with van der Waals surface area (Å²) >= 11 is 0. The lowest BCUT2D eigenvalue weighted by atomic mass is 10.0. The van der Waals surface area contributed by atoms with Gasteiger partial charge < -0.3 is 19.0 Å². The van der Waals surface area contributed by atoms with Gasteiger partial charge in [0.2, 0.25) is 0 Å². The molecule has 0 fully saturated rings. The summed E-state index contributed by atoms with van der Waals surface area (Å²) in [5.74, 6) is 1.69. The molecule has 2 heterocycles. The van der Waals surface area contributed by atoms with Crippen LogP contribution in [-0.2, 0) is 11.4 Å². The number of aliphatic hydroxyl groups is 1. The molecular weight excluding hydrogens is 384 g/mol. The van der Waals surface area contributed by atoms with E-state index in [-0.39, 0.29) is 12.5 Å². The summed E-state index contributed by atoms with van der Waals surface area (Å²) in [6.45, 7) is -0.218. The van der Waals surface area contributed by atoms with E-state index in [0.717, 1.165) is 0 Å². The van der Waals surface area contributed by atoms with E-state index in [2.05, 4.69) is 5.10 Å². The lowest BCUT2D eigenvalue weighted by molar-refractivity contribution is -0.114. The number of carbonyl (C=O) groups is 1. The van der Waals surface area contributed by atoms with Crippen molar-refractivity contribution < 1.29 is 23.8 Å². The first-order chi connectivity index (χ1) is 14.6. The number of rotatable bonds is 6. The summed E-state index contributed by atoms with van der Waals surface area (Å²) in [6.07, 6.45) is 1.62. The smallest absolute Gasteiger partial charge is 0.281 e. The predicted octanol–water partition coefficient (Wildman–Crippen LogP) is 3.62. The number of ether oxygens (including phenoxy) is 2. The van der Waals surface area contributed by atoms with Crippen LogP contribution >= 0.6 is 0 Å². The minimum Gasteiger partial charge on any atom is -0.493 e. The zero-order valence-corrected chi connectivity index (χ0v) is 16.5. The molecule has 0 saturated carbocycles. The van der Waals surface area contributed by atoms with Crippen molar-refractivity contribution in [2.45, 2.75) is 6.61 Å². The van der Waals surface area contributed by atoms with Gasteiger partial charge in [0.25, 0.3) is 5.91 Å². The quantitative estimate of drug-likeness (QED) is 0.635. The number of furan rings is 1. The van der Waals surface area contributed by atoms with E-state index in [1.54, 1.807) is 44.6 Å². The highest BCUT2D eigenvalue weighted by Gasteiger charge is 2.32. The van der Waals surface area contributed by atoms with E-state index in [9.17, 15) is 9.90 Å². The van der Waals surface area contributed by atoms with Gasteiger partial charge in [0.1, 0.15) is 23.8 Å². The fourth-order valence-corrected chi connectivity index (χ4v) is 3.19. The molecular formula is C23H20N2O5. The van der Waals surface area contributed by atoms with Gasteiger partial charge in [-0.2, -0.15) is 10.1 Å². The number of anilines is 1.